The van der Waals surface area contributed by atoms with Crippen molar-refractivity contribution >= 4 is 40.8 Å². The van der Waals surface area contributed by atoms with Gasteiger partial charge in [0.05, 0.1) is 22.6 Å². The van der Waals surface area contributed by atoms with E-state index in [-0.39, 0.29) is 13.1 Å². The van der Waals surface area contributed by atoms with Crippen LogP contribution in [0.4, 0.5) is 4.39 Å². The van der Waals surface area contributed by atoms with Crippen LogP contribution >= 0.6 is 23.1 Å². The van der Waals surface area contributed by atoms with Crippen molar-refractivity contribution in [2.45, 2.75) is 89.0 Å². The smallest absolute Gasteiger partial charge is 0.247 e. The van der Waals surface area contributed by atoms with Gasteiger partial charge in [0, 0.05) is 18.2 Å². The van der Waals surface area contributed by atoms with Crippen LogP contribution in [0.5, 0.6) is 0 Å². The molecule has 4 atom stereocenters. The quantitative estimate of drug-likeness (QED) is 0.242. The Morgan fingerprint density at radius 1 is 1.22 bits per heavy atom. The second-order valence-electron chi connectivity index (χ2n) is 10.9. The molecule has 1 aromatic carbocycles. The first kappa shape index (κ1) is 33.0. The number of likely N-dealkylation sites (tertiary alicyclic amines) is 1. The zero-order valence-corrected chi connectivity index (χ0v) is 25.8. The molecule has 0 bridgehead atoms. The molecule has 1 aliphatic rings. The van der Waals surface area contributed by atoms with Crippen LogP contribution in [0.2, 0.25) is 0 Å². The molecule has 0 unspecified atom stereocenters. The van der Waals surface area contributed by atoms with Crippen LogP contribution in [0.15, 0.2) is 29.8 Å². The Labute approximate surface area is 249 Å². The summed E-state index contributed by atoms with van der Waals surface area (Å²) in [5.74, 6) is -0.934. The molecule has 0 spiro atoms. The number of β-amino-alcohol motifs (C(OH)–C–C–N with tert-alkyl or cyclic N) is 1. The highest BCUT2D eigenvalue weighted by Crippen LogP contribution is 2.33. The predicted octanol–water partition coefficient (Wildman–Crippen LogP) is 3.18. The first-order valence-corrected chi connectivity index (χ1v) is 15.8. The van der Waals surface area contributed by atoms with Gasteiger partial charge in [-0.25, -0.2) is 9.37 Å². The summed E-state index contributed by atoms with van der Waals surface area (Å²) in [4.78, 5) is 45.5. The summed E-state index contributed by atoms with van der Waals surface area (Å²) in [7, 11) is 0. The number of benzene rings is 1. The number of carbonyl (C=O) groups excluding carboxylic acids is 3. The Hall–Kier alpha value is -2.54. The normalized spacial score (nSPS) is 19.7. The van der Waals surface area contributed by atoms with Gasteiger partial charge < -0.3 is 26.4 Å². The van der Waals surface area contributed by atoms with Crippen molar-refractivity contribution in [1.29, 1.82) is 0 Å². The van der Waals surface area contributed by atoms with Crippen LogP contribution in [0.1, 0.15) is 57.7 Å². The second kappa shape index (κ2) is 15.1. The monoisotopic (exact) mass is 607 g/mol. The van der Waals surface area contributed by atoms with Gasteiger partial charge in [-0.2, -0.15) is 11.8 Å². The van der Waals surface area contributed by atoms with Crippen molar-refractivity contribution in [2.75, 3.05) is 18.8 Å². The number of aliphatic hydroxyl groups is 1. The van der Waals surface area contributed by atoms with Gasteiger partial charge in [-0.15, -0.1) is 11.3 Å². The summed E-state index contributed by atoms with van der Waals surface area (Å²) in [6, 6.07) is 5.10. The molecule has 3 amide bonds. The van der Waals surface area contributed by atoms with Crippen LogP contribution < -0.4 is 16.4 Å². The van der Waals surface area contributed by atoms with E-state index in [1.807, 2.05) is 45.0 Å². The lowest BCUT2D eigenvalue weighted by Gasteiger charge is -2.37. The van der Waals surface area contributed by atoms with E-state index in [1.54, 1.807) is 28.6 Å². The Bertz CT molecular complexity index is 1180. The molecule has 5 N–H and O–H groups in total. The molecule has 2 aromatic rings. The van der Waals surface area contributed by atoms with Gasteiger partial charge in [0.15, 0.2) is 6.17 Å². The molecule has 3 rings (SSSR count). The van der Waals surface area contributed by atoms with E-state index in [4.69, 9.17) is 5.73 Å². The van der Waals surface area contributed by atoms with Gasteiger partial charge in [-0.3, -0.25) is 14.4 Å². The van der Waals surface area contributed by atoms with Crippen molar-refractivity contribution in [3.8, 4) is 10.4 Å². The summed E-state index contributed by atoms with van der Waals surface area (Å²) in [6.45, 7) is 7.40. The number of carbonyl (C=O) groups is 3. The number of nitrogens with zero attached hydrogens (tertiary/aromatic N) is 2. The van der Waals surface area contributed by atoms with Crippen molar-refractivity contribution in [3.63, 3.8) is 0 Å². The first-order valence-electron chi connectivity index (χ1n) is 14.0. The fourth-order valence-corrected chi connectivity index (χ4v) is 6.89. The fourth-order valence-electron chi connectivity index (χ4n) is 4.88. The minimum absolute atomic E-state index is 0.128. The van der Waals surface area contributed by atoms with Crippen LogP contribution in [0.3, 0.4) is 0 Å². The minimum atomic E-state index is -1.95. The maximum Gasteiger partial charge on any atom is 0.247 e. The zero-order chi connectivity index (χ0) is 30.2. The summed E-state index contributed by atoms with van der Waals surface area (Å²) in [5, 5.41) is 15.8. The summed E-state index contributed by atoms with van der Waals surface area (Å²) >= 11 is 3.09. The molecule has 2 heterocycles. The third kappa shape index (κ3) is 8.73. The van der Waals surface area contributed by atoms with E-state index in [9.17, 15) is 19.5 Å². The minimum Gasteiger partial charge on any atom is -0.388 e. The van der Waals surface area contributed by atoms with E-state index < -0.39 is 46.8 Å². The SMILES string of the molecule is CC(=O)N[C@H](C(=O)N1C[C@H](O)[C@H](F)[C@H]1C(=O)NCc1ccc(-c2scnc2C)cc1)C(C)(C)SCCCCCCN. The molecule has 12 heteroatoms. The molecular formula is C29H42FN5O4S2. The van der Waals surface area contributed by atoms with Crippen molar-refractivity contribution in [2.24, 2.45) is 5.73 Å². The highest BCUT2D eigenvalue weighted by atomic mass is 32.2. The van der Waals surface area contributed by atoms with Crippen molar-refractivity contribution in [1.82, 2.24) is 20.5 Å². The van der Waals surface area contributed by atoms with Gasteiger partial charge in [0.1, 0.15) is 18.2 Å². The number of nitrogens with two attached hydrogens (primary N) is 1. The van der Waals surface area contributed by atoms with Gasteiger partial charge in [-0.05, 0) is 57.0 Å². The Kier molecular flexibility index (Phi) is 12.1. The average Bonchev–Trinajstić information content (AvgIpc) is 3.49. The van der Waals surface area contributed by atoms with Crippen LogP contribution in [-0.4, -0.2) is 80.7 Å². The second-order valence-corrected chi connectivity index (χ2v) is 13.5. The molecule has 226 valence electrons. The zero-order valence-electron chi connectivity index (χ0n) is 24.2. The Morgan fingerprint density at radius 3 is 2.51 bits per heavy atom. The molecule has 1 fully saturated rings. The number of halogens is 1. The largest absolute Gasteiger partial charge is 0.388 e. The van der Waals surface area contributed by atoms with Crippen LogP contribution in [0, 0.1) is 6.92 Å². The molecule has 0 aliphatic carbocycles. The Morgan fingerprint density at radius 2 is 1.90 bits per heavy atom. The highest BCUT2D eigenvalue weighted by Gasteiger charge is 2.51. The van der Waals surface area contributed by atoms with E-state index in [2.05, 4.69) is 15.6 Å². The molecular weight excluding hydrogens is 565 g/mol. The third-order valence-electron chi connectivity index (χ3n) is 7.23. The Balaban J connectivity index is 1.68. The lowest BCUT2D eigenvalue weighted by molar-refractivity contribution is -0.142. The summed E-state index contributed by atoms with van der Waals surface area (Å²) in [5.41, 5.74) is 10.1. The van der Waals surface area contributed by atoms with Crippen molar-refractivity contribution < 1.29 is 23.9 Å². The van der Waals surface area contributed by atoms with E-state index in [0.717, 1.165) is 58.0 Å². The van der Waals surface area contributed by atoms with Crippen molar-refractivity contribution in [3.05, 3.63) is 41.0 Å². The molecule has 1 aliphatic heterocycles. The van der Waals surface area contributed by atoms with Gasteiger partial charge >= 0.3 is 0 Å². The maximum atomic E-state index is 15.2. The van der Waals surface area contributed by atoms with Crippen LogP contribution in [0.25, 0.3) is 10.4 Å². The standard InChI is InChI=1S/C29H42FN5O4S2/c1-18-25(40-17-33-18)21-11-9-20(10-12-21)15-32-27(38)24-23(30)22(37)16-35(24)28(39)26(34-19(2)36)29(3,4)41-14-8-6-5-7-13-31/h9-12,17,22-24,26,37H,5-8,13-16,31H2,1-4H3,(H,32,38)(H,34,36)/t22-,23-,24-,26+/m0/s1. The lowest BCUT2D eigenvalue weighted by atomic mass is 10.0. The van der Waals surface area contributed by atoms with Crippen LogP contribution in [-0.2, 0) is 20.9 Å². The van der Waals surface area contributed by atoms with E-state index >= 15 is 4.39 Å². The number of thioether (sulfide) groups is 1. The van der Waals surface area contributed by atoms with Gasteiger partial charge in [0.2, 0.25) is 17.7 Å². The van der Waals surface area contributed by atoms with Gasteiger partial charge in [-0.1, -0.05) is 37.1 Å². The predicted molar refractivity (Wildman–Crippen MR) is 162 cm³/mol. The van der Waals surface area contributed by atoms with E-state index in [0.29, 0.717) is 6.54 Å². The highest BCUT2D eigenvalue weighted by molar-refractivity contribution is 8.00. The topological polar surface area (TPSA) is 138 Å². The number of alkyl halides is 1. The lowest BCUT2D eigenvalue weighted by Crippen LogP contribution is -2.60. The molecule has 0 radical (unpaired) electrons. The molecule has 1 saturated heterocycles. The number of rotatable bonds is 14. The first-order chi connectivity index (χ1) is 19.5. The van der Waals surface area contributed by atoms with Gasteiger partial charge in [0.25, 0.3) is 0 Å². The third-order valence-corrected chi connectivity index (χ3v) is 9.68. The number of hydrogen-bond acceptors (Lipinski definition) is 8. The number of thiazole rings is 1. The number of amides is 3. The molecule has 0 saturated carbocycles. The molecule has 9 nitrogen and oxygen atoms in total. The fraction of sp³-hybridized carbons (Fsp3) is 0.586. The number of unbranched alkanes of at least 4 members (excludes halogenated alkanes) is 3. The van der Waals surface area contributed by atoms with E-state index in [1.165, 1.54) is 6.92 Å². The number of nitrogens with one attached hydrogen (secondary N) is 2. The number of aromatic nitrogens is 1. The average molecular weight is 608 g/mol. The maximum absolute atomic E-state index is 15.2. The molecule has 41 heavy (non-hydrogen) atoms. The number of aryl methyl sites for hydroxylation is 1. The molecule has 1 aromatic heterocycles. The summed E-state index contributed by atoms with van der Waals surface area (Å²) in [6.07, 6.45) is 0.475. The summed E-state index contributed by atoms with van der Waals surface area (Å²) < 4.78 is 14.4. The number of hydrogen-bond donors (Lipinski definition) is 4. The number of aliphatic hydroxyl groups excluding tert-OH is 1.